The summed E-state index contributed by atoms with van der Waals surface area (Å²) >= 11 is 0. The molecule has 0 aliphatic carbocycles. The van der Waals surface area contributed by atoms with E-state index >= 15 is 0 Å². The van der Waals surface area contributed by atoms with Crippen LogP contribution in [0.25, 0.3) is 0 Å². The fraction of sp³-hybridized carbons (Fsp3) is 0.600. The average molecular weight is 268 g/mol. The molecule has 2 N–H and O–H groups in total. The molecule has 0 aromatic heterocycles. The van der Waals surface area contributed by atoms with Gasteiger partial charge in [0.25, 0.3) is 0 Å². The molecule has 2 rings (SSSR count). The van der Waals surface area contributed by atoms with Gasteiger partial charge >= 0.3 is 0 Å². The van der Waals surface area contributed by atoms with Gasteiger partial charge in [-0.15, -0.1) is 0 Å². The van der Waals surface area contributed by atoms with Crippen molar-refractivity contribution in [1.82, 2.24) is 4.90 Å². The average Bonchev–Trinajstić information content (AvgIpc) is 2.42. The summed E-state index contributed by atoms with van der Waals surface area (Å²) in [5, 5.41) is 0. The maximum absolute atomic E-state index is 13.9. The van der Waals surface area contributed by atoms with E-state index in [0.29, 0.717) is 0 Å². The Morgan fingerprint density at radius 1 is 1.16 bits per heavy atom. The van der Waals surface area contributed by atoms with E-state index in [2.05, 4.69) is 4.90 Å². The number of hydrogen-bond acceptors (Lipinski definition) is 2. The summed E-state index contributed by atoms with van der Waals surface area (Å²) in [6, 6.07) is 3.68. The van der Waals surface area contributed by atoms with Gasteiger partial charge in [0.05, 0.1) is 6.04 Å². The number of benzene rings is 1. The van der Waals surface area contributed by atoms with Crippen LogP contribution < -0.4 is 5.73 Å². The van der Waals surface area contributed by atoms with Crippen LogP contribution in [-0.2, 0) is 0 Å². The van der Waals surface area contributed by atoms with E-state index in [-0.39, 0.29) is 11.1 Å². The monoisotopic (exact) mass is 268 g/mol. The maximum atomic E-state index is 13.9. The highest BCUT2D eigenvalue weighted by atomic mass is 19.2. The van der Waals surface area contributed by atoms with Crippen LogP contribution in [0.2, 0.25) is 0 Å². The second-order valence-corrected chi connectivity index (χ2v) is 5.82. The second kappa shape index (κ2) is 5.55. The lowest BCUT2D eigenvalue weighted by atomic mass is 9.86. The van der Waals surface area contributed by atoms with E-state index in [0.717, 1.165) is 32.0 Å². The molecule has 1 fully saturated rings. The summed E-state index contributed by atoms with van der Waals surface area (Å²) in [5.74, 6) is -1.65. The van der Waals surface area contributed by atoms with Crippen molar-refractivity contribution in [2.75, 3.05) is 13.1 Å². The van der Waals surface area contributed by atoms with Gasteiger partial charge in [-0.25, -0.2) is 8.78 Å². The number of rotatable bonds is 3. The summed E-state index contributed by atoms with van der Waals surface area (Å²) in [5.41, 5.74) is 6.10. The summed E-state index contributed by atoms with van der Waals surface area (Å²) in [4.78, 5) is 2.28. The first-order valence-electron chi connectivity index (χ1n) is 6.89. The van der Waals surface area contributed by atoms with Gasteiger partial charge in [0.2, 0.25) is 0 Å². The number of likely N-dealkylation sites (tertiary alicyclic amines) is 1. The molecule has 0 amide bonds. The van der Waals surface area contributed by atoms with Crippen LogP contribution in [0.4, 0.5) is 8.78 Å². The van der Waals surface area contributed by atoms with E-state index in [1.54, 1.807) is 6.07 Å². The third-order valence-corrected chi connectivity index (χ3v) is 4.25. The molecule has 106 valence electrons. The van der Waals surface area contributed by atoms with Crippen molar-refractivity contribution in [2.45, 2.75) is 44.7 Å². The van der Waals surface area contributed by atoms with Crippen molar-refractivity contribution in [3.05, 3.63) is 35.4 Å². The molecule has 1 atom stereocenters. The normalized spacial score (nSPS) is 19.4. The Morgan fingerprint density at radius 2 is 1.79 bits per heavy atom. The van der Waals surface area contributed by atoms with Gasteiger partial charge in [0, 0.05) is 11.1 Å². The van der Waals surface area contributed by atoms with Crippen LogP contribution in [0.15, 0.2) is 18.2 Å². The molecule has 1 aromatic rings. The van der Waals surface area contributed by atoms with Gasteiger partial charge in [-0.1, -0.05) is 18.6 Å². The lowest BCUT2D eigenvalue weighted by molar-refractivity contribution is 0.0717. The molecule has 0 radical (unpaired) electrons. The van der Waals surface area contributed by atoms with Crippen LogP contribution in [0, 0.1) is 11.6 Å². The molecule has 1 aliphatic heterocycles. The van der Waals surface area contributed by atoms with Crippen molar-refractivity contribution in [3.8, 4) is 0 Å². The lowest BCUT2D eigenvalue weighted by Gasteiger charge is -2.44. The molecule has 1 aliphatic rings. The number of nitrogens with zero attached hydrogens (tertiary/aromatic N) is 1. The van der Waals surface area contributed by atoms with Gasteiger partial charge in [0.1, 0.15) is 0 Å². The molecule has 0 saturated carbocycles. The lowest BCUT2D eigenvalue weighted by Crippen LogP contribution is -2.53. The van der Waals surface area contributed by atoms with E-state index in [1.165, 1.54) is 12.5 Å². The molecule has 1 heterocycles. The van der Waals surface area contributed by atoms with Crippen molar-refractivity contribution in [2.24, 2.45) is 5.73 Å². The molecule has 0 spiro atoms. The Balaban J connectivity index is 2.26. The molecule has 0 bridgehead atoms. The number of piperidine rings is 1. The zero-order chi connectivity index (χ0) is 14.0. The Labute approximate surface area is 113 Å². The van der Waals surface area contributed by atoms with E-state index < -0.39 is 17.7 Å². The van der Waals surface area contributed by atoms with Gasteiger partial charge in [-0.2, -0.15) is 0 Å². The number of halogens is 2. The zero-order valence-corrected chi connectivity index (χ0v) is 11.6. The molecule has 1 saturated heterocycles. The Kier molecular flexibility index (Phi) is 4.21. The maximum Gasteiger partial charge on any atom is 0.163 e. The van der Waals surface area contributed by atoms with Gasteiger partial charge < -0.3 is 5.73 Å². The van der Waals surface area contributed by atoms with E-state index in [9.17, 15) is 8.78 Å². The predicted molar refractivity (Wildman–Crippen MR) is 72.8 cm³/mol. The Morgan fingerprint density at radius 3 is 2.42 bits per heavy atom. The van der Waals surface area contributed by atoms with E-state index in [1.807, 2.05) is 13.8 Å². The summed E-state index contributed by atoms with van der Waals surface area (Å²) in [6.45, 7) is 5.95. The van der Waals surface area contributed by atoms with E-state index in [4.69, 9.17) is 5.73 Å². The zero-order valence-electron chi connectivity index (χ0n) is 11.6. The number of nitrogens with two attached hydrogens (primary N) is 1. The summed E-state index contributed by atoms with van der Waals surface area (Å²) < 4.78 is 27.2. The third kappa shape index (κ3) is 2.79. The van der Waals surface area contributed by atoms with Gasteiger partial charge in [-0.05, 0) is 45.8 Å². The molecule has 4 heteroatoms. The first-order valence-corrected chi connectivity index (χ1v) is 6.89. The smallest absolute Gasteiger partial charge is 0.163 e. The Hall–Kier alpha value is -1.00. The fourth-order valence-corrected chi connectivity index (χ4v) is 2.81. The van der Waals surface area contributed by atoms with Crippen molar-refractivity contribution < 1.29 is 8.78 Å². The van der Waals surface area contributed by atoms with Crippen molar-refractivity contribution in [3.63, 3.8) is 0 Å². The van der Waals surface area contributed by atoms with Crippen LogP contribution in [0.1, 0.15) is 44.7 Å². The van der Waals surface area contributed by atoms with Crippen LogP contribution in [0.3, 0.4) is 0 Å². The third-order valence-electron chi connectivity index (χ3n) is 4.25. The molecule has 1 aromatic carbocycles. The van der Waals surface area contributed by atoms with Gasteiger partial charge in [-0.3, -0.25) is 4.90 Å². The first kappa shape index (κ1) is 14.4. The first-order chi connectivity index (χ1) is 8.94. The molecule has 1 unspecified atom stereocenters. The molecule has 2 nitrogen and oxygen atoms in total. The highest BCUT2D eigenvalue weighted by Crippen LogP contribution is 2.32. The van der Waals surface area contributed by atoms with Crippen LogP contribution >= 0.6 is 0 Å². The van der Waals surface area contributed by atoms with Crippen LogP contribution in [-0.4, -0.2) is 23.5 Å². The minimum Gasteiger partial charge on any atom is -0.322 e. The largest absolute Gasteiger partial charge is 0.322 e. The minimum absolute atomic E-state index is 0.260. The molecular formula is C15H22F2N2. The SMILES string of the molecule is CC(C)(C(N)c1cccc(F)c1F)N1CCCCC1. The second-order valence-electron chi connectivity index (χ2n) is 5.82. The predicted octanol–water partition coefficient (Wildman–Crippen LogP) is 3.23. The number of hydrogen-bond donors (Lipinski definition) is 1. The van der Waals surface area contributed by atoms with Crippen molar-refractivity contribution >= 4 is 0 Å². The van der Waals surface area contributed by atoms with Crippen molar-refractivity contribution in [1.29, 1.82) is 0 Å². The van der Waals surface area contributed by atoms with Gasteiger partial charge in [0.15, 0.2) is 11.6 Å². The molecule has 19 heavy (non-hydrogen) atoms. The summed E-state index contributed by atoms with van der Waals surface area (Å²) in [7, 11) is 0. The van der Waals surface area contributed by atoms with Crippen LogP contribution in [0.5, 0.6) is 0 Å². The Bertz CT molecular complexity index is 440. The fourth-order valence-electron chi connectivity index (χ4n) is 2.81. The summed E-state index contributed by atoms with van der Waals surface area (Å²) in [6.07, 6.45) is 3.51. The quantitative estimate of drug-likeness (QED) is 0.912. The standard InChI is InChI=1S/C15H22F2N2/c1-15(2,19-9-4-3-5-10-19)14(18)11-7-6-8-12(16)13(11)17/h6-8,14H,3-5,9-10,18H2,1-2H3. The molecular weight excluding hydrogens is 246 g/mol. The highest BCUT2D eigenvalue weighted by Gasteiger charge is 2.36. The highest BCUT2D eigenvalue weighted by molar-refractivity contribution is 5.25. The topological polar surface area (TPSA) is 29.3 Å². The minimum atomic E-state index is -0.831.